The smallest absolute Gasteiger partial charge is 0.205 e. The Morgan fingerprint density at radius 3 is 2.80 bits per heavy atom. The van der Waals surface area contributed by atoms with E-state index in [4.69, 9.17) is 10.00 Å². The van der Waals surface area contributed by atoms with Crippen LogP contribution in [0.5, 0.6) is 0 Å². The molecule has 6 nitrogen and oxygen atoms in total. The molecule has 0 N–H and O–H groups in total. The first-order valence-corrected chi connectivity index (χ1v) is 9.33. The third kappa shape index (κ3) is 4.98. The fourth-order valence-corrected chi connectivity index (χ4v) is 3.69. The third-order valence-corrected chi connectivity index (χ3v) is 5.15. The molecule has 2 heterocycles. The van der Waals surface area contributed by atoms with Crippen molar-refractivity contribution < 1.29 is 4.74 Å². The molecule has 1 aliphatic rings. The molecule has 7 heteroatoms. The minimum absolute atomic E-state index is 0.661. The summed E-state index contributed by atoms with van der Waals surface area (Å²) in [6, 6.07) is 10.0. The van der Waals surface area contributed by atoms with Gasteiger partial charge in [0.1, 0.15) is 5.82 Å². The lowest BCUT2D eigenvalue weighted by molar-refractivity contribution is 0.201. The first-order valence-electron chi connectivity index (χ1n) is 8.56. The minimum atomic E-state index is 0.661. The van der Waals surface area contributed by atoms with E-state index in [9.17, 15) is 0 Å². The second kappa shape index (κ2) is 8.90. The second-order valence-corrected chi connectivity index (χ2v) is 6.89. The van der Waals surface area contributed by atoms with Crippen molar-refractivity contribution in [2.45, 2.75) is 19.4 Å². The number of ether oxygens (including phenoxy) is 1. The third-order valence-electron chi connectivity index (χ3n) is 4.34. The number of methoxy groups -OCH3 is 1. The maximum atomic E-state index is 8.89. The van der Waals surface area contributed by atoms with Crippen LogP contribution in [0.1, 0.15) is 23.4 Å². The molecule has 0 saturated carbocycles. The molecule has 0 aliphatic carbocycles. The highest BCUT2D eigenvalue weighted by Crippen LogP contribution is 2.20. The Hall–Kier alpha value is -2.01. The zero-order valence-electron chi connectivity index (χ0n) is 14.5. The van der Waals surface area contributed by atoms with E-state index in [-0.39, 0.29) is 0 Å². The average Bonchev–Trinajstić information content (AvgIpc) is 3.00. The highest BCUT2D eigenvalue weighted by atomic mass is 32.1. The Balaban J connectivity index is 1.54. The van der Waals surface area contributed by atoms with Crippen molar-refractivity contribution in [1.29, 1.82) is 5.26 Å². The van der Waals surface area contributed by atoms with Gasteiger partial charge < -0.3 is 9.64 Å². The number of nitriles is 1. The first kappa shape index (κ1) is 17.8. The lowest BCUT2D eigenvalue weighted by Crippen LogP contribution is -2.30. The molecule has 0 bridgehead atoms. The Morgan fingerprint density at radius 1 is 1.20 bits per heavy atom. The van der Waals surface area contributed by atoms with Gasteiger partial charge >= 0.3 is 0 Å². The summed E-state index contributed by atoms with van der Waals surface area (Å²) in [6.45, 7) is 5.65. The molecule has 1 fully saturated rings. The van der Waals surface area contributed by atoms with Gasteiger partial charge in [0.05, 0.1) is 18.2 Å². The summed E-state index contributed by atoms with van der Waals surface area (Å²) >= 11 is 1.49. The number of nitrogens with zero attached hydrogens (tertiary/aromatic N) is 5. The minimum Gasteiger partial charge on any atom is -0.384 e. The average molecular weight is 357 g/mol. The van der Waals surface area contributed by atoms with Crippen molar-refractivity contribution in [3.8, 4) is 6.07 Å². The van der Waals surface area contributed by atoms with Crippen LogP contribution < -0.4 is 4.90 Å². The molecule has 1 aromatic carbocycles. The van der Waals surface area contributed by atoms with E-state index in [0.29, 0.717) is 12.2 Å². The Morgan fingerprint density at radius 2 is 2.04 bits per heavy atom. The Bertz CT molecular complexity index is 709. The van der Waals surface area contributed by atoms with Crippen molar-refractivity contribution in [2.75, 3.05) is 44.8 Å². The van der Waals surface area contributed by atoms with Crippen LogP contribution in [0.25, 0.3) is 0 Å². The molecule has 2 aromatic rings. The van der Waals surface area contributed by atoms with Crippen molar-refractivity contribution in [3.63, 3.8) is 0 Å². The van der Waals surface area contributed by atoms with Gasteiger partial charge in [-0.3, -0.25) is 4.90 Å². The summed E-state index contributed by atoms with van der Waals surface area (Å²) in [4.78, 5) is 9.45. The van der Waals surface area contributed by atoms with Crippen LogP contribution in [0.2, 0.25) is 0 Å². The van der Waals surface area contributed by atoms with E-state index < -0.39 is 0 Å². The predicted molar refractivity (Wildman–Crippen MR) is 98.8 cm³/mol. The summed E-state index contributed by atoms with van der Waals surface area (Å²) in [5.74, 6) is 0.875. The van der Waals surface area contributed by atoms with Gasteiger partial charge in [-0.25, -0.2) is 4.98 Å². The van der Waals surface area contributed by atoms with E-state index in [2.05, 4.69) is 25.2 Å². The van der Waals surface area contributed by atoms with Crippen molar-refractivity contribution in [1.82, 2.24) is 14.3 Å². The van der Waals surface area contributed by atoms with Crippen LogP contribution >= 0.6 is 11.5 Å². The van der Waals surface area contributed by atoms with E-state index in [1.54, 1.807) is 7.11 Å². The molecule has 0 amide bonds. The van der Waals surface area contributed by atoms with Crippen LogP contribution in [0.3, 0.4) is 0 Å². The standard InChI is InChI=1S/C18H23N5OS/c1-24-12-7-17-20-18(25-21-17)23-9-2-8-22(10-11-23)14-16-5-3-15(13-19)4-6-16/h3-6H,2,7-12,14H2,1H3. The van der Waals surface area contributed by atoms with Gasteiger partial charge in [-0.05, 0) is 24.1 Å². The molecule has 1 aliphatic heterocycles. The van der Waals surface area contributed by atoms with E-state index in [1.807, 2.05) is 24.3 Å². The fraction of sp³-hybridized carbons (Fsp3) is 0.500. The first-order chi connectivity index (χ1) is 12.3. The van der Waals surface area contributed by atoms with E-state index >= 15 is 0 Å². The van der Waals surface area contributed by atoms with Gasteiger partial charge in [0.25, 0.3) is 0 Å². The summed E-state index contributed by atoms with van der Waals surface area (Å²) in [5.41, 5.74) is 1.97. The van der Waals surface area contributed by atoms with Gasteiger partial charge in [-0.1, -0.05) is 12.1 Å². The fourth-order valence-electron chi connectivity index (χ4n) is 2.93. The number of aromatic nitrogens is 2. The molecule has 0 spiro atoms. The molecule has 1 aromatic heterocycles. The summed E-state index contributed by atoms with van der Waals surface area (Å²) in [5, 5.41) is 9.91. The van der Waals surface area contributed by atoms with Gasteiger partial charge in [0.15, 0.2) is 0 Å². The van der Waals surface area contributed by atoms with E-state index in [0.717, 1.165) is 56.5 Å². The maximum Gasteiger partial charge on any atom is 0.205 e. The highest BCUT2D eigenvalue weighted by molar-refractivity contribution is 7.09. The molecule has 132 valence electrons. The van der Waals surface area contributed by atoms with E-state index in [1.165, 1.54) is 17.1 Å². The highest BCUT2D eigenvalue weighted by Gasteiger charge is 2.18. The number of hydrogen-bond acceptors (Lipinski definition) is 7. The zero-order chi connectivity index (χ0) is 17.5. The molecule has 25 heavy (non-hydrogen) atoms. The van der Waals surface area contributed by atoms with Crippen LogP contribution in [0.4, 0.5) is 5.13 Å². The van der Waals surface area contributed by atoms with Crippen LogP contribution in [-0.2, 0) is 17.7 Å². The van der Waals surface area contributed by atoms with Crippen LogP contribution in [0, 0.1) is 11.3 Å². The van der Waals surface area contributed by atoms with Crippen molar-refractivity contribution in [2.24, 2.45) is 0 Å². The van der Waals surface area contributed by atoms with Crippen molar-refractivity contribution in [3.05, 3.63) is 41.2 Å². The van der Waals surface area contributed by atoms with Crippen molar-refractivity contribution >= 4 is 16.7 Å². The predicted octanol–water partition coefficient (Wildman–Crippen LogP) is 2.31. The summed E-state index contributed by atoms with van der Waals surface area (Å²) in [6.07, 6.45) is 1.88. The molecule has 3 rings (SSSR count). The Kier molecular flexibility index (Phi) is 6.34. The largest absolute Gasteiger partial charge is 0.384 e. The molecule has 0 radical (unpaired) electrons. The Labute approximate surface area is 152 Å². The number of rotatable bonds is 6. The zero-order valence-corrected chi connectivity index (χ0v) is 15.3. The lowest BCUT2D eigenvalue weighted by atomic mass is 10.1. The molecule has 0 atom stereocenters. The molecule has 1 saturated heterocycles. The maximum absolute atomic E-state index is 8.89. The van der Waals surface area contributed by atoms with Gasteiger partial charge in [0, 0.05) is 57.8 Å². The number of hydrogen-bond donors (Lipinski definition) is 0. The SMILES string of the molecule is COCCc1nsc(N2CCCN(Cc3ccc(C#N)cc3)CC2)n1. The number of anilines is 1. The molecular weight excluding hydrogens is 334 g/mol. The van der Waals surface area contributed by atoms with Crippen LogP contribution in [-0.4, -0.2) is 54.2 Å². The lowest BCUT2D eigenvalue weighted by Gasteiger charge is -2.21. The van der Waals surface area contributed by atoms with Gasteiger partial charge in [-0.2, -0.15) is 9.64 Å². The van der Waals surface area contributed by atoms with Gasteiger partial charge in [-0.15, -0.1) is 0 Å². The van der Waals surface area contributed by atoms with Gasteiger partial charge in [0.2, 0.25) is 5.13 Å². The second-order valence-electron chi connectivity index (χ2n) is 6.16. The monoisotopic (exact) mass is 357 g/mol. The summed E-state index contributed by atoms with van der Waals surface area (Å²) < 4.78 is 9.52. The van der Waals surface area contributed by atoms with Crippen LogP contribution in [0.15, 0.2) is 24.3 Å². The quantitative estimate of drug-likeness (QED) is 0.790. The number of benzene rings is 1. The molecule has 0 unspecified atom stereocenters. The normalized spacial score (nSPS) is 15.8. The molecular formula is C18H23N5OS. The summed E-state index contributed by atoms with van der Waals surface area (Å²) in [7, 11) is 1.70. The topological polar surface area (TPSA) is 65.3 Å².